The molecule has 0 spiro atoms. The summed E-state index contributed by atoms with van der Waals surface area (Å²) in [5.74, 6) is -1.84. The molecule has 0 atom stereocenters. The minimum Gasteiger partial charge on any atom is -0.494 e. The zero-order chi connectivity index (χ0) is 78.7. The molecule has 7 rings (SSSR count). The van der Waals surface area contributed by atoms with Crippen LogP contribution in [-0.2, 0) is 38.1 Å². The molecule has 0 radical (unpaired) electrons. The maximum Gasteiger partial charge on any atom is 0.347 e. The summed E-state index contributed by atoms with van der Waals surface area (Å²) in [5, 5.41) is 10.7. The Balaban J connectivity index is 1.10. The van der Waals surface area contributed by atoms with Crippen LogP contribution in [0.25, 0.3) is 0 Å². The maximum atomic E-state index is 14.5. The first-order chi connectivity index (χ1) is 53.4. The monoisotopic (exact) mass is 1500 g/mol. The first-order valence-electron chi connectivity index (χ1n) is 35.8. The molecule has 110 heavy (non-hydrogen) atoms. The fourth-order valence-electron chi connectivity index (χ4n) is 10.1. The fourth-order valence-corrected chi connectivity index (χ4v) is 10.1. The molecule has 7 aromatic rings. The number of carboxylic acids is 1. The van der Waals surface area contributed by atoms with Gasteiger partial charge in [0.05, 0.1) is 80.7 Å². The third-order valence-electron chi connectivity index (χ3n) is 15.9. The van der Waals surface area contributed by atoms with Crippen LogP contribution in [0, 0.1) is 11.8 Å². The summed E-state index contributed by atoms with van der Waals surface area (Å²) >= 11 is 0. The number of benzene rings is 7. The molecule has 0 saturated carbocycles. The minimum absolute atomic E-state index is 0.00597. The molecule has 0 aromatic heterocycles. The Labute approximate surface area is 637 Å². The van der Waals surface area contributed by atoms with Crippen LogP contribution in [0.4, 0.5) is 0 Å². The van der Waals surface area contributed by atoms with Gasteiger partial charge in [-0.05, 0) is 242 Å². The van der Waals surface area contributed by atoms with E-state index in [4.69, 9.17) is 61.6 Å². The van der Waals surface area contributed by atoms with Gasteiger partial charge >= 0.3 is 59.7 Å². The molecule has 7 aromatic carbocycles. The molecule has 24 nitrogen and oxygen atoms in total. The average Bonchev–Trinajstić information content (AvgIpc) is 0.805. The van der Waals surface area contributed by atoms with Crippen molar-refractivity contribution in [2.75, 3.05) is 52.9 Å². The first kappa shape index (κ1) is 84.2. The number of esters is 9. The molecular weight excluding hydrogens is 1420 g/mol. The SMILES string of the molecule is C=CC(=O)OCCCCCCOc1ccc(C(=O)Oc2ccc(OC(=O)c3ccc(OCCCCCCOC(=O)C=C)cc3)c(C(=O)Oc3cccc(C#Cc4cc(OC(=O)c5ccc(OCCCCCCOC(=O)C=C)cc5)cc(C(=O)O)c4OC(=O)c4ccc(OCCCCCCOC(=O)C=C)cc4)c3)c2)cc1. The number of unbranched alkanes of at least 4 members (excludes halogenated alkanes) is 12. The Hall–Kier alpha value is -13.0. The lowest BCUT2D eigenvalue weighted by Crippen LogP contribution is -2.15. The number of rotatable bonds is 47. The van der Waals surface area contributed by atoms with Gasteiger partial charge in [-0.25, -0.2) is 47.9 Å². The van der Waals surface area contributed by atoms with Crippen molar-refractivity contribution >= 4 is 59.7 Å². The Morgan fingerprint density at radius 1 is 0.300 bits per heavy atom. The summed E-state index contributed by atoms with van der Waals surface area (Å²) in [5.41, 5.74) is -0.742. The van der Waals surface area contributed by atoms with Gasteiger partial charge in [0.1, 0.15) is 57.1 Å². The molecule has 0 unspecified atom stereocenters. The van der Waals surface area contributed by atoms with Crippen molar-refractivity contribution in [3.63, 3.8) is 0 Å². The molecule has 0 bridgehead atoms. The molecule has 0 amide bonds. The van der Waals surface area contributed by atoms with Crippen molar-refractivity contribution in [3.05, 3.63) is 247 Å². The summed E-state index contributed by atoms with van der Waals surface area (Å²) in [6.07, 6.45) is 16.5. The highest BCUT2D eigenvalue weighted by Crippen LogP contribution is 2.33. The summed E-state index contributed by atoms with van der Waals surface area (Å²) in [4.78, 5) is 128. The average molecular weight is 1500 g/mol. The van der Waals surface area contributed by atoms with Gasteiger partial charge in [0, 0.05) is 35.9 Å². The molecule has 574 valence electrons. The lowest BCUT2D eigenvalue weighted by molar-refractivity contribution is -0.138. The van der Waals surface area contributed by atoms with Gasteiger partial charge < -0.3 is 66.7 Å². The smallest absolute Gasteiger partial charge is 0.347 e. The van der Waals surface area contributed by atoms with E-state index in [0.717, 1.165) is 94.2 Å². The standard InChI is InChI=1S/C86H86O24/c1-5-76(87)102-52-21-13-9-17-48-98-66-38-30-61(31-39-66)82(93)106-71-46-47-75(109-84(95)63-34-42-68(43-35-63)100-50-19-11-15-23-54-104-78(89)7-3)73(58-71)86(97)107-70-27-25-26-60(56-70)28-29-65-57-72(108-83(94)62-32-40-67(41-33-62)99-49-18-10-14-22-53-103-77(88)6-2)59-74(81(91)92)80(65)110-85(96)64-36-44-69(45-37-64)101-51-20-12-16-24-55-105-79(90)8-4/h5-8,25-27,30-47,56-59H,1-4,9-24,48-55H2,(H,91,92). The van der Waals surface area contributed by atoms with Crippen molar-refractivity contribution in [3.8, 4) is 63.6 Å². The highest BCUT2D eigenvalue weighted by Gasteiger charge is 2.25. The third kappa shape index (κ3) is 30.1. The van der Waals surface area contributed by atoms with E-state index in [-0.39, 0.29) is 75.2 Å². The van der Waals surface area contributed by atoms with Crippen molar-refractivity contribution in [2.24, 2.45) is 0 Å². The second-order valence-corrected chi connectivity index (χ2v) is 24.2. The molecule has 0 aliphatic rings. The lowest BCUT2D eigenvalue weighted by Gasteiger charge is -2.13. The highest BCUT2D eigenvalue weighted by atomic mass is 16.6. The summed E-state index contributed by atoms with van der Waals surface area (Å²) in [6, 6.07) is 36.1. The third-order valence-corrected chi connectivity index (χ3v) is 15.9. The Morgan fingerprint density at radius 2 is 0.618 bits per heavy atom. The highest BCUT2D eigenvalue weighted by molar-refractivity contribution is 6.00. The van der Waals surface area contributed by atoms with E-state index >= 15 is 0 Å². The maximum absolute atomic E-state index is 14.5. The van der Waals surface area contributed by atoms with Crippen molar-refractivity contribution in [1.29, 1.82) is 0 Å². The number of carboxylic acid groups (broad SMARTS) is 1. The predicted octanol–water partition coefficient (Wildman–Crippen LogP) is 15.6. The van der Waals surface area contributed by atoms with Gasteiger partial charge in [0.15, 0.2) is 5.75 Å². The van der Waals surface area contributed by atoms with Gasteiger partial charge in [-0.2, -0.15) is 0 Å². The Kier molecular flexibility index (Phi) is 35.8. The summed E-state index contributed by atoms with van der Waals surface area (Å²) < 4.78 is 72.5. The van der Waals surface area contributed by atoms with Crippen LogP contribution >= 0.6 is 0 Å². The van der Waals surface area contributed by atoms with E-state index in [1.165, 1.54) is 91.0 Å². The Bertz CT molecular complexity index is 4370. The van der Waals surface area contributed by atoms with Gasteiger partial charge in [-0.3, -0.25) is 0 Å². The van der Waals surface area contributed by atoms with Gasteiger partial charge in [-0.1, -0.05) is 44.2 Å². The molecule has 0 fully saturated rings. The summed E-state index contributed by atoms with van der Waals surface area (Å²) in [6.45, 7) is 16.2. The van der Waals surface area contributed by atoms with E-state index in [0.29, 0.717) is 108 Å². The number of hydrogen-bond donors (Lipinski definition) is 1. The molecule has 1 N–H and O–H groups in total. The van der Waals surface area contributed by atoms with Gasteiger partial charge in [0.25, 0.3) is 0 Å². The number of aromatic carboxylic acids is 1. The van der Waals surface area contributed by atoms with Gasteiger partial charge in [-0.15, -0.1) is 0 Å². The van der Waals surface area contributed by atoms with Crippen LogP contribution in [-0.4, -0.2) is 118 Å². The van der Waals surface area contributed by atoms with Crippen LogP contribution in [0.1, 0.15) is 176 Å². The van der Waals surface area contributed by atoms with E-state index in [9.17, 15) is 53.1 Å². The molecule has 0 heterocycles. The molecule has 0 saturated heterocycles. The topological polar surface area (TPSA) is 311 Å². The number of hydrogen-bond acceptors (Lipinski definition) is 23. The van der Waals surface area contributed by atoms with E-state index in [1.54, 1.807) is 48.5 Å². The fraction of sp³-hybridized carbons (Fsp3) is 0.279. The largest absolute Gasteiger partial charge is 0.494 e. The van der Waals surface area contributed by atoms with Crippen molar-refractivity contribution < 1.29 is 115 Å². The number of carbonyl (C=O) groups is 10. The number of ether oxygens (including phenoxy) is 13. The Morgan fingerprint density at radius 3 is 0.991 bits per heavy atom. The normalized spacial score (nSPS) is 10.4. The second-order valence-electron chi connectivity index (χ2n) is 24.2. The van der Waals surface area contributed by atoms with Crippen molar-refractivity contribution in [2.45, 2.75) is 103 Å². The van der Waals surface area contributed by atoms with Gasteiger partial charge in [0.2, 0.25) is 0 Å². The molecule has 0 aliphatic carbocycles. The van der Waals surface area contributed by atoms with Crippen LogP contribution in [0.3, 0.4) is 0 Å². The van der Waals surface area contributed by atoms with E-state index in [1.807, 2.05) is 0 Å². The van der Waals surface area contributed by atoms with Crippen LogP contribution < -0.4 is 42.6 Å². The predicted molar refractivity (Wildman–Crippen MR) is 403 cm³/mol. The van der Waals surface area contributed by atoms with E-state index < -0.39 is 71.0 Å². The van der Waals surface area contributed by atoms with Crippen LogP contribution in [0.2, 0.25) is 0 Å². The minimum atomic E-state index is -1.58. The molecule has 24 heteroatoms. The van der Waals surface area contributed by atoms with E-state index in [2.05, 4.69) is 38.2 Å². The molecular formula is C86H86O24. The number of carbonyl (C=O) groups excluding carboxylic acids is 9. The first-order valence-corrected chi connectivity index (χ1v) is 35.8. The zero-order valence-corrected chi connectivity index (χ0v) is 60.9. The molecule has 0 aliphatic heterocycles. The quantitative estimate of drug-likeness (QED) is 0.00925. The second kappa shape index (κ2) is 46.8. The zero-order valence-electron chi connectivity index (χ0n) is 60.9. The lowest BCUT2D eigenvalue weighted by atomic mass is 10.1. The van der Waals surface area contributed by atoms with Crippen molar-refractivity contribution in [1.82, 2.24) is 0 Å². The van der Waals surface area contributed by atoms with Crippen LogP contribution in [0.15, 0.2) is 202 Å². The van der Waals surface area contributed by atoms with Crippen LogP contribution in [0.5, 0.6) is 51.7 Å². The summed E-state index contributed by atoms with van der Waals surface area (Å²) in [7, 11) is 0.